The van der Waals surface area contributed by atoms with Crippen LogP contribution in [0, 0.1) is 6.92 Å². The number of urea groups is 1. The van der Waals surface area contributed by atoms with Crippen LogP contribution in [0.5, 0.6) is 0 Å². The van der Waals surface area contributed by atoms with E-state index >= 15 is 0 Å². The lowest BCUT2D eigenvalue weighted by molar-refractivity contribution is 0.166. The maximum absolute atomic E-state index is 13.0. The van der Waals surface area contributed by atoms with Crippen molar-refractivity contribution in [3.05, 3.63) is 47.1 Å². The Hall–Kier alpha value is -2.37. The van der Waals surface area contributed by atoms with Crippen molar-refractivity contribution >= 4 is 6.03 Å². The maximum Gasteiger partial charge on any atom is 0.317 e. The Balaban J connectivity index is 1.46. The molecule has 2 unspecified atom stereocenters. The lowest BCUT2D eigenvalue weighted by atomic mass is 9.71. The molecular formula is C21H28N4O2. The van der Waals surface area contributed by atoms with E-state index in [9.17, 15) is 4.79 Å². The van der Waals surface area contributed by atoms with Crippen LogP contribution in [0.2, 0.25) is 0 Å². The molecule has 6 heteroatoms. The number of nitrogens with one attached hydrogen (secondary N) is 1. The summed E-state index contributed by atoms with van der Waals surface area (Å²) in [4.78, 5) is 19.2. The van der Waals surface area contributed by atoms with Crippen molar-refractivity contribution < 1.29 is 9.32 Å². The van der Waals surface area contributed by atoms with Gasteiger partial charge < -0.3 is 14.7 Å². The third kappa shape index (κ3) is 3.57. The Morgan fingerprint density at radius 2 is 2.11 bits per heavy atom. The molecule has 1 saturated heterocycles. The van der Waals surface area contributed by atoms with Gasteiger partial charge in [0.25, 0.3) is 0 Å². The number of aryl methyl sites for hydroxylation is 1. The van der Waals surface area contributed by atoms with Gasteiger partial charge in [-0.1, -0.05) is 43.3 Å². The topological polar surface area (TPSA) is 71.3 Å². The number of likely N-dealkylation sites (tertiary alicyclic amines) is 1. The number of rotatable bonds is 2. The smallest absolute Gasteiger partial charge is 0.317 e. The molecule has 1 N–H and O–H groups in total. The number of carbonyl (C=O) groups excluding carboxylic acids is 1. The zero-order chi connectivity index (χ0) is 19.0. The third-order valence-corrected chi connectivity index (χ3v) is 6.02. The van der Waals surface area contributed by atoms with Crippen molar-refractivity contribution in [2.45, 2.75) is 63.8 Å². The van der Waals surface area contributed by atoms with Gasteiger partial charge >= 0.3 is 6.03 Å². The molecule has 6 nitrogen and oxygen atoms in total. The first kappa shape index (κ1) is 18.0. The molecule has 27 heavy (non-hydrogen) atoms. The average Bonchev–Trinajstić information content (AvgIpc) is 3.11. The minimum Gasteiger partial charge on any atom is -0.339 e. The molecule has 1 aliphatic carbocycles. The van der Waals surface area contributed by atoms with E-state index in [0.29, 0.717) is 18.3 Å². The highest BCUT2D eigenvalue weighted by Crippen LogP contribution is 2.41. The van der Waals surface area contributed by atoms with Crippen LogP contribution in [-0.4, -0.2) is 34.2 Å². The first-order valence-corrected chi connectivity index (χ1v) is 9.89. The van der Waals surface area contributed by atoms with Gasteiger partial charge in [-0.15, -0.1) is 0 Å². The Bertz CT molecular complexity index is 829. The van der Waals surface area contributed by atoms with Gasteiger partial charge in [-0.05, 0) is 49.1 Å². The molecule has 1 aromatic carbocycles. The van der Waals surface area contributed by atoms with Crippen LogP contribution in [0.3, 0.4) is 0 Å². The van der Waals surface area contributed by atoms with Crippen LogP contribution < -0.4 is 5.32 Å². The van der Waals surface area contributed by atoms with Crippen LogP contribution >= 0.6 is 0 Å². The van der Waals surface area contributed by atoms with E-state index in [1.807, 2.05) is 11.8 Å². The van der Waals surface area contributed by atoms with E-state index in [1.165, 1.54) is 11.1 Å². The van der Waals surface area contributed by atoms with Gasteiger partial charge in [-0.25, -0.2) is 4.79 Å². The minimum atomic E-state index is 0.00967. The lowest BCUT2D eigenvalue weighted by Gasteiger charge is -2.39. The van der Waals surface area contributed by atoms with E-state index in [-0.39, 0.29) is 23.4 Å². The molecule has 144 valence electrons. The van der Waals surface area contributed by atoms with E-state index in [0.717, 1.165) is 32.2 Å². The Kier molecular flexibility index (Phi) is 4.66. The minimum absolute atomic E-state index is 0.00967. The summed E-state index contributed by atoms with van der Waals surface area (Å²) in [5, 5.41) is 7.17. The second kappa shape index (κ2) is 6.98. The molecule has 0 saturated carbocycles. The molecule has 0 bridgehead atoms. The zero-order valence-electron chi connectivity index (χ0n) is 16.4. The second-order valence-electron chi connectivity index (χ2n) is 8.48. The number of aromatic nitrogens is 2. The summed E-state index contributed by atoms with van der Waals surface area (Å²) in [5.74, 6) is 1.42. The average molecular weight is 368 g/mol. The standard InChI is InChI=1S/C21H28N4O2/c1-14-22-19(27-24-14)15-7-6-12-25(13-15)20(26)23-18-10-11-21(2,3)17-9-5-4-8-16(17)18/h4-5,8-9,15,18H,6-7,10-13H2,1-3H3,(H,23,26). The van der Waals surface area contributed by atoms with Gasteiger partial charge in [-0.3, -0.25) is 0 Å². The highest BCUT2D eigenvalue weighted by Gasteiger charge is 2.34. The van der Waals surface area contributed by atoms with Crippen molar-refractivity contribution in [1.29, 1.82) is 0 Å². The first-order valence-electron chi connectivity index (χ1n) is 9.89. The number of carbonyl (C=O) groups is 1. The van der Waals surface area contributed by atoms with Crippen LogP contribution in [0.1, 0.15) is 74.3 Å². The van der Waals surface area contributed by atoms with E-state index < -0.39 is 0 Å². The van der Waals surface area contributed by atoms with E-state index in [2.05, 4.69) is 53.6 Å². The number of piperidine rings is 1. The summed E-state index contributed by atoms with van der Waals surface area (Å²) < 4.78 is 5.33. The number of nitrogens with zero attached hydrogens (tertiary/aromatic N) is 3. The monoisotopic (exact) mass is 368 g/mol. The van der Waals surface area contributed by atoms with Crippen molar-refractivity contribution in [3.8, 4) is 0 Å². The van der Waals surface area contributed by atoms with Gasteiger partial charge in [0.2, 0.25) is 5.89 Å². The SMILES string of the molecule is Cc1noc(C2CCCN(C(=O)NC3CCC(C)(C)c4ccccc43)C2)n1. The predicted molar refractivity (Wildman–Crippen MR) is 103 cm³/mol. The molecule has 0 spiro atoms. The highest BCUT2D eigenvalue weighted by atomic mass is 16.5. The molecule has 2 amide bonds. The van der Waals surface area contributed by atoms with Gasteiger partial charge in [0, 0.05) is 13.1 Å². The normalized spacial score (nSPS) is 24.3. The van der Waals surface area contributed by atoms with Crippen molar-refractivity contribution in [3.63, 3.8) is 0 Å². The predicted octanol–water partition coefficient (Wildman–Crippen LogP) is 4.08. The van der Waals surface area contributed by atoms with Crippen molar-refractivity contribution in [2.24, 2.45) is 0 Å². The Labute approximate surface area is 160 Å². The van der Waals surface area contributed by atoms with Gasteiger partial charge in [-0.2, -0.15) is 4.98 Å². The molecule has 0 radical (unpaired) electrons. The largest absolute Gasteiger partial charge is 0.339 e. The number of amides is 2. The molecule has 2 atom stereocenters. The fourth-order valence-electron chi connectivity index (χ4n) is 4.44. The number of fused-ring (bicyclic) bond motifs is 1. The quantitative estimate of drug-likeness (QED) is 0.867. The van der Waals surface area contributed by atoms with Crippen LogP contribution in [-0.2, 0) is 5.41 Å². The zero-order valence-corrected chi connectivity index (χ0v) is 16.4. The summed E-state index contributed by atoms with van der Waals surface area (Å²) in [5.41, 5.74) is 2.76. The van der Waals surface area contributed by atoms with Crippen LogP contribution in [0.15, 0.2) is 28.8 Å². The number of hydrogen-bond acceptors (Lipinski definition) is 4. The summed E-state index contributed by atoms with van der Waals surface area (Å²) in [6.07, 6.45) is 3.97. The van der Waals surface area contributed by atoms with Gasteiger partial charge in [0.05, 0.1) is 12.0 Å². The molecule has 2 aliphatic rings. The molecular weight excluding hydrogens is 340 g/mol. The third-order valence-electron chi connectivity index (χ3n) is 6.02. The Morgan fingerprint density at radius 3 is 2.89 bits per heavy atom. The summed E-state index contributed by atoms with van der Waals surface area (Å²) in [6, 6.07) is 8.59. The highest BCUT2D eigenvalue weighted by molar-refractivity contribution is 5.75. The Morgan fingerprint density at radius 1 is 1.30 bits per heavy atom. The van der Waals surface area contributed by atoms with E-state index in [1.54, 1.807) is 0 Å². The summed E-state index contributed by atoms with van der Waals surface area (Å²) in [6.45, 7) is 7.79. The molecule has 4 rings (SSSR count). The maximum atomic E-state index is 13.0. The fraction of sp³-hybridized carbons (Fsp3) is 0.571. The van der Waals surface area contributed by atoms with Crippen LogP contribution in [0.25, 0.3) is 0 Å². The van der Waals surface area contributed by atoms with Gasteiger partial charge in [0.15, 0.2) is 5.82 Å². The summed E-state index contributed by atoms with van der Waals surface area (Å²) >= 11 is 0. The second-order valence-corrected chi connectivity index (χ2v) is 8.48. The first-order chi connectivity index (χ1) is 12.9. The fourth-order valence-corrected chi connectivity index (χ4v) is 4.44. The molecule has 1 aromatic heterocycles. The summed E-state index contributed by atoms with van der Waals surface area (Å²) in [7, 11) is 0. The number of benzene rings is 1. The molecule has 2 aromatic rings. The van der Waals surface area contributed by atoms with Crippen molar-refractivity contribution in [2.75, 3.05) is 13.1 Å². The molecule has 2 heterocycles. The van der Waals surface area contributed by atoms with E-state index in [4.69, 9.17) is 4.52 Å². The van der Waals surface area contributed by atoms with Gasteiger partial charge in [0.1, 0.15) is 0 Å². The van der Waals surface area contributed by atoms with Crippen molar-refractivity contribution in [1.82, 2.24) is 20.4 Å². The lowest BCUT2D eigenvalue weighted by Crippen LogP contribution is -2.47. The molecule has 1 aliphatic heterocycles. The molecule has 1 fully saturated rings. The number of hydrogen-bond donors (Lipinski definition) is 1. The van der Waals surface area contributed by atoms with Crippen LogP contribution in [0.4, 0.5) is 4.79 Å².